The molecule has 62 heavy (non-hydrogen) atoms. The van der Waals surface area contributed by atoms with Crippen molar-refractivity contribution >= 4 is 78.0 Å². The summed E-state index contributed by atoms with van der Waals surface area (Å²) in [6, 6.07) is 27.8. The fourth-order valence-corrected chi connectivity index (χ4v) is 13.9. The van der Waals surface area contributed by atoms with Gasteiger partial charge in [-0.2, -0.15) is 0 Å². The first-order valence-corrected chi connectivity index (χ1v) is 24.5. The Morgan fingerprint density at radius 2 is 1.10 bits per heavy atom. The molecule has 0 N–H and O–H groups in total. The standard InChI is InChI=1S/C58H67BN2S/c1-32-25-44-50-45(26-32)61-43-30-38-37(55(9,10)21-22-56(38,11)12)29-36(43)47-48-46(31-39-49(47)58(15,16)24-23-57(39,13)14)62-52(51(48)61)59(50)40-28-35(54(6,7)8)18-20-42(40)60(44)41-19-17-34(27-33(41)2)53(3,4)5/h17-20,25-31H,21-24H2,1-16H3. The van der Waals surface area contributed by atoms with E-state index in [-0.39, 0.29) is 39.2 Å². The molecule has 318 valence electrons. The van der Waals surface area contributed by atoms with Gasteiger partial charge in [0.2, 0.25) is 0 Å². The maximum Gasteiger partial charge on any atom is 0.264 e. The van der Waals surface area contributed by atoms with Crippen molar-refractivity contribution in [3.05, 3.63) is 111 Å². The normalized spacial score (nSPS) is 19.5. The van der Waals surface area contributed by atoms with Gasteiger partial charge in [0, 0.05) is 43.2 Å². The van der Waals surface area contributed by atoms with E-state index in [4.69, 9.17) is 0 Å². The average molecular weight is 835 g/mol. The highest BCUT2D eigenvalue weighted by molar-refractivity contribution is 7.34. The zero-order valence-electron chi connectivity index (χ0n) is 40.6. The van der Waals surface area contributed by atoms with Crippen LogP contribution in [0.1, 0.15) is 167 Å². The quantitative estimate of drug-likeness (QED) is 0.152. The van der Waals surface area contributed by atoms with E-state index in [0.717, 1.165) is 0 Å². The van der Waals surface area contributed by atoms with Crippen LogP contribution >= 0.6 is 11.3 Å². The van der Waals surface area contributed by atoms with Gasteiger partial charge in [0.15, 0.2) is 0 Å². The summed E-state index contributed by atoms with van der Waals surface area (Å²) < 4.78 is 2.96. The van der Waals surface area contributed by atoms with Crippen molar-refractivity contribution in [1.29, 1.82) is 0 Å². The second-order valence-corrected chi connectivity index (χ2v) is 26.0. The monoisotopic (exact) mass is 835 g/mol. The summed E-state index contributed by atoms with van der Waals surface area (Å²) in [5.41, 5.74) is 26.0. The van der Waals surface area contributed by atoms with Crippen molar-refractivity contribution in [3.63, 3.8) is 0 Å². The lowest BCUT2D eigenvalue weighted by Gasteiger charge is -2.48. The zero-order valence-corrected chi connectivity index (χ0v) is 41.4. The maximum atomic E-state index is 2.79. The molecule has 0 radical (unpaired) electrons. The highest BCUT2D eigenvalue weighted by atomic mass is 32.1. The molecule has 0 amide bonds. The Balaban J connectivity index is 1.31. The number of hydrogen-bond donors (Lipinski definition) is 0. The van der Waals surface area contributed by atoms with Crippen LogP contribution in [0.5, 0.6) is 0 Å². The Kier molecular flexibility index (Phi) is 8.03. The summed E-state index contributed by atoms with van der Waals surface area (Å²) in [5.74, 6) is 0. The number of nitrogens with zero attached hydrogens (tertiary/aromatic N) is 2. The zero-order chi connectivity index (χ0) is 44.2. The second-order valence-electron chi connectivity index (χ2n) is 24.9. The summed E-state index contributed by atoms with van der Waals surface area (Å²) in [6.45, 7) is 39.0. The van der Waals surface area contributed by atoms with E-state index in [1.807, 2.05) is 0 Å². The second kappa shape index (κ2) is 12.3. The summed E-state index contributed by atoms with van der Waals surface area (Å²) in [5, 5.41) is 1.49. The molecule has 6 aromatic rings. The molecule has 1 aromatic heterocycles. The lowest BCUT2D eigenvalue weighted by molar-refractivity contribution is 0.331. The van der Waals surface area contributed by atoms with Gasteiger partial charge in [0.05, 0.1) is 11.4 Å². The Morgan fingerprint density at radius 1 is 0.548 bits per heavy atom. The first-order valence-electron chi connectivity index (χ1n) is 23.6. The lowest BCUT2D eigenvalue weighted by Crippen LogP contribution is -2.60. The summed E-state index contributed by atoms with van der Waals surface area (Å²) in [4.78, 5) is 5.43. The molecule has 2 nitrogen and oxygen atoms in total. The van der Waals surface area contributed by atoms with E-state index in [0.29, 0.717) is 0 Å². The SMILES string of the molecule is Cc1cc2c3c(c1)N1c4cc5c(cc4-c4c6c(cc7sc(c1c47)B3c1cc(C(C)(C)C)ccc1N2c1ccc(C(C)(C)C)cc1C)C(C)(C)CCC6(C)C)C(C)(C)CCC5(C)C. The Labute approximate surface area is 377 Å². The highest BCUT2D eigenvalue weighted by Gasteiger charge is 2.51. The molecule has 5 aromatic carbocycles. The van der Waals surface area contributed by atoms with Gasteiger partial charge in [-0.15, -0.1) is 11.3 Å². The van der Waals surface area contributed by atoms with Crippen molar-refractivity contribution < 1.29 is 0 Å². The fourth-order valence-electron chi connectivity index (χ4n) is 12.5. The van der Waals surface area contributed by atoms with Crippen LogP contribution in [-0.2, 0) is 32.5 Å². The molecule has 0 bridgehead atoms. The minimum Gasteiger partial charge on any atom is -0.311 e. The molecule has 0 saturated carbocycles. The lowest BCUT2D eigenvalue weighted by atomic mass is 9.35. The number of fused-ring (bicyclic) bond motifs is 10. The van der Waals surface area contributed by atoms with E-state index < -0.39 is 0 Å². The molecule has 0 saturated heterocycles. The topological polar surface area (TPSA) is 6.48 Å². The fraction of sp³-hybridized carbons (Fsp3) is 0.448. The van der Waals surface area contributed by atoms with Crippen LogP contribution in [0.3, 0.4) is 0 Å². The van der Waals surface area contributed by atoms with Crippen molar-refractivity contribution in [3.8, 4) is 11.1 Å². The third-order valence-electron chi connectivity index (χ3n) is 16.5. The van der Waals surface area contributed by atoms with Crippen molar-refractivity contribution in [2.45, 2.75) is 169 Å². The average Bonchev–Trinajstić information content (AvgIpc) is 3.56. The third kappa shape index (κ3) is 5.40. The molecule has 0 atom stereocenters. The molecule has 4 heteroatoms. The summed E-state index contributed by atoms with van der Waals surface area (Å²) in [6.07, 6.45) is 4.81. The molecule has 5 aliphatic rings. The number of rotatable bonds is 1. The molecular weight excluding hydrogens is 768 g/mol. The third-order valence-corrected chi connectivity index (χ3v) is 17.7. The van der Waals surface area contributed by atoms with Gasteiger partial charge in [-0.05, 0) is 175 Å². The van der Waals surface area contributed by atoms with Gasteiger partial charge in [-0.1, -0.05) is 121 Å². The molecule has 11 rings (SSSR count). The molecule has 0 spiro atoms. The Morgan fingerprint density at radius 3 is 1.71 bits per heavy atom. The van der Waals surface area contributed by atoms with Gasteiger partial charge in [-0.3, -0.25) is 0 Å². The Hall–Kier alpha value is -4.28. The predicted octanol–water partition coefficient (Wildman–Crippen LogP) is 14.9. The van der Waals surface area contributed by atoms with E-state index >= 15 is 0 Å². The summed E-state index contributed by atoms with van der Waals surface area (Å²) >= 11 is 2.10. The van der Waals surface area contributed by atoms with Gasteiger partial charge in [0.1, 0.15) is 0 Å². The largest absolute Gasteiger partial charge is 0.311 e. The van der Waals surface area contributed by atoms with Gasteiger partial charge >= 0.3 is 0 Å². The number of benzene rings is 5. The number of thiophene rings is 1. The first-order chi connectivity index (χ1) is 28.8. The van der Waals surface area contributed by atoms with Crippen molar-refractivity contribution in [2.24, 2.45) is 0 Å². The molecule has 4 heterocycles. The molecule has 3 aliphatic heterocycles. The van der Waals surface area contributed by atoms with E-state index in [1.165, 1.54) is 125 Å². The van der Waals surface area contributed by atoms with Crippen LogP contribution in [0.15, 0.2) is 66.7 Å². The molecule has 0 unspecified atom stereocenters. The minimum absolute atomic E-state index is 0.0116. The number of hydrogen-bond acceptors (Lipinski definition) is 3. The van der Waals surface area contributed by atoms with Crippen LogP contribution in [-0.4, -0.2) is 6.71 Å². The summed E-state index contributed by atoms with van der Waals surface area (Å²) in [7, 11) is 0. The minimum atomic E-state index is 0.0116. The highest BCUT2D eigenvalue weighted by Crippen LogP contribution is 2.62. The van der Waals surface area contributed by atoms with Crippen LogP contribution in [0.2, 0.25) is 0 Å². The first kappa shape index (κ1) is 40.5. The molecular formula is C58H67BN2S. The van der Waals surface area contributed by atoms with Gasteiger partial charge in [0.25, 0.3) is 6.71 Å². The van der Waals surface area contributed by atoms with Crippen molar-refractivity contribution in [2.75, 3.05) is 9.80 Å². The van der Waals surface area contributed by atoms with E-state index in [2.05, 4.69) is 199 Å². The van der Waals surface area contributed by atoms with Gasteiger partial charge < -0.3 is 9.80 Å². The van der Waals surface area contributed by atoms with Crippen LogP contribution in [0.4, 0.5) is 34.1 Å². The van der Waals surface area contributed by atoms with Crippen LogP contribution in [0, 0.1) is 13.8 Å². The van der Waals surface area contributed by atoms with Gasteiger partial charge in [-0.25, -0.2) is 0 Å². The van der Waals surface area contributed by atoms with Crippen molar-refractivity contribution in [1.82, 2.24) is 0 Å². The van der Waals surface area contributed by atoms with Crippen LogP contribution < -0.4 is 25.5 Å². The predicted molar refractivity (Wildman–Crippen MR) is 272 cm³/mol. The molecule has 2 aliphatic carbocycles. The Bertz CT molecular complexity index is 2970. The van der Waals surface area contributed by atoms with Crippen LogP contribution in [0.25, 0.3) is 21.2 Å². The van der Waals surface area contributed by atoms with E-state index in [9.17, 15) is 0 Å². The maximum absolute atomic E-state index is 2.79. The number of anilines is 6. The number of aryl methyl sites for hydroxylation is 2. The van der Waals surface area contributed by atoms with E-state index in [1.54, 1.807) is 16.7 Å². The molecule has 0 fully saturated rings. The smallest absolute Gasteiger partial charge is 0.264 e.